The average Bonchev–Trinajstić information content (AvgIpc) is 2.77. The maximum Gasteiger partial charge on any atom is 0.226 e. The fourth-order valence-corrected chi connectivity index (χ4v) is 2.36. The number of carbonyl (C=O) groups is 2. The highest BCUT2D eigenvalue weighted by Crippen LogP contribution is 2.22. The van der Waals surface area contributed by atoms with E-state index < -0.39 is 0 Å². The van der Waals surface area contributed by atoms with Gasteiger partial charge in [0, 0.05) is 32.6 Å². The van der Waals surface area contributed by atoms with Gasteiger partial charge in [-0.3, -0.25) is 19.4 Å². The SMILES string of the molecule is CO[C@@H]1CCC(=O)N1CN(C(C)=O)c1ccc(C)cc1. The van der Waals surface area contributed by atoms with Crippen LogP contribution in [0.4, 0.5) is 5.69 Å². The summed E-state index contributed by atoms with van der Waals surface area (Å²) in [5.74, 6) is -0.0707. The first-order chi connectivity index (χ1) is 9.52. The maximum absolute atomic E-state index is 11.9. The molecule has 1 aromatic carbocycles. The summed E-state index contributed by atoms with van der Waals surface area (Å²) in [6, 6.07) is 7.67. The lowest BCUT2D eigenvalue weighted by atomic mass is 10.2. The van der Waals surface area contributed by atoms with Crippen LogP contribution in [0.2, 0.25) is 0 Å². The highest BCUT2D eigenvalue weighted by atomic mass is 16.5. The van der Waals surface area contributed by atoms with Crippen molar-refractivity contribution in [2.75, 3.05) is 18.7 Å². The number of rotatable bonds is 4. The van der Waals surface area contributed by atoms with E-state index in [2.05, 4.69) is 0 Å². The summed E-state index contributed by atoms with van der Waals surface area (Å²) in [4.78, 5) is 27.0. The summed E-state index contributed by atoms with van der Waals surface area (Å²) < 4.78 is 5.30. The summed E-state index contributed by atoms with van der Waals surface area (Å²) in [5, 5.41) is 0. The highest BCUT2D eigenvalue weighted by Gasteiger charge is 2.32. The Hall–Kier alpha value is -1.88. The fourth-order valence-electron chi connectivity index (χ4n) is 2.36. The molecule has 2 amide bonds. The summed E-state index contributed by atoms with van der Waals surface area (Å²) >= 11 is 0. The molecule has 1 atom stereocenters. The van der Waals surface area contributed by atoms with E-state index in [9.17, 15) is 9.59 Å². The fraction of sp³-hybridized carbons (Fsp3) is 0.467. The van der Waals surface area contributed by atoms with Crippen molar-refractivity contribution in [1.82, 2.24) is 4.90 Å². The average molecular weight is 276 g/mol. The number of benzene rings is 1. The third-order valence-electron chi connectivity index (χ3n) is 3.56. The number of nitrogens with zero attached hydrogens (tertiary/aromatic N) is 2. The van der Waals surface area contributed by atoms with Gasteiger partial charge in [-0.05, 0) is 19.1 Å². The monoisotopic (exact) mass is 276 g/mol. The third kappa shape index (κ3) is 2.99. The largest absolute Gasteiger partial charge is 0.361 e. The molecule has 1 saturated heterocycles. The van der Waals surface area contributed by atoms with Crippen LogP contribution >= 0.6 is 0 Å². The summed E-state index contributed by atoms with van der Waals surface area (Å²) in [6.45, 7) is 3.73. The number of methoxy groups -OCH3 is 1. The summed E-state index contributed by atoms with van der Waals surface area (Å²) in [7, 11) is 1.58. The van der Waals surface area contributed by atoms with Gasteiger partial charge in [0.15, 0.2) is 0 Å². The van der Waals surface area contributed by atoms with Gasteiger partial charge >= 0.3 is 0 Å². The van der Waals surface area contributed by atoms with Gasteiger partial charge in [0.25, 0.3) is 0 Å². The van der Waals surface area contributed by atoms with Gasteiger partial charge in [-0.2, -0.15) is 0 Å². The Morgan fingerprint density at radius 2 is 2.05 bits per heavy atom. The van der Waals surface area contributed by atoms with Gasteiger partial charge in [-0.25, -0.2) is 0 Å². The van der Waals surface area contributed by atoms with Crippen molar-refractivity contribution in [3.05, 3.63) is 29.8 Å². The Kier molecular flexibility index (Phi) is 4.39. The van der Waals surface area contributed by atoms with Crippen molar-refractivity contribution in [2.24, 2.45) is 0 Å². The van der Waals surface area contributed by atoms with Gasteiger partial charge in [-0.15, -0.1) is 0 Å². The molecule has 0 saturated carbocycles. The minimum atomic E-state index is -0.241. The molecule has 5 nitrogen and oxygen atoms in total. The van der Waals surface area contributed by atoms with Crippen LogP contribution < -0.4 is 4.90 Å². The number of anilines is 1. The molecule has 108 valence electrons. The van der Waals surface area contributed by atoms with E-state index in [0.29, 0.717) is 12.8 Å². The van der Waals surface area contributed by atoms with Gasteiger partial charge < -0.3 is 4.74 Å². The van der Waals surface area contributed by atoms with Crippen LogP contribution in [-0.4, -0.2) is 36.7 Å². The van der Waals surface area contributed by atoms with E-state index in [1.165, 1.54) is 6.92 Å². The van der Waals surface area contributed by atoms with Gasteiger partial charge in [0.05, 0.1) is 0 Å². The van der Waals surface area contributed by atoms with Crippen LogP contribution in [0.3, 0.4) is 0 Å². The molecule has 1 heterocycles. The molecule has 20 heavy (non-hydrogen) atoms. The first-order valence-corrected chi connectivity index (χ1v) is 6.70. The molecule has 0 aliphatic carbocycles. The van der Waals surface area contributed by atoms with Crippen LogP contribution in [0.5, 0.6) is 0 Å². The van der Waals surface area contributed by atoms with Crippen LogP contribution in [0.15, 0.2) is 24.3 Å². The Bertz CT molecular complexity index is 498. The molecule has 0 bridgehead atoms. The minimum absolute atomic E-state index is 0.0233. The van der Waals surface area contributed by atoms with E-state index >= 15 is 0 Å². The van der Waals surface area contributed by atoms with Crippen molar-refractivity contribution in [1.29, 1.82) is 0 Å². The highest BCUT2D eigenvalue weighted by molar-refractivity contribution is 5.92. The molecular weight excluding hydrogens is 256 g/mol. The molecule has 5 heteroatoms. The van der Waals surface area contributed by atoms with E-state index in [4.69, 9.17) is 4.74 Å². The summed E-state index contributed by atoms with van der Waals surface area (Å²) in [6.07, 6.45) is 0.905. The number of hydrogen-bond donors (Lipinski definition) is 0. The molecule has 1 fully saturated rings. The topological polar surface area (TPSA) is 49.9 Å². The Balaban J connectivity index is 2.19. The lowest BCUT2D eigenvalue weighted by molar-refractivity contribution is -0.135. The van der Waals surface area contributed by atoms with E-state index in [1.807, 2.05) is 31.2 Å². The zero-order valence-corrected chi connectivity index (χ0v) is 12.1. The Morgan fingerprint density at radius 3 is 2.60 bits per heavy atom. The van der Waals surface area contributed by atoms with Gasteiger partial charge in [0.1, 0.15) is 12.9 Å². The predicted octanol–water partition coefficient (Wildman–Crippen LogP) is 1.90. The maximum atomic E-state index is 11.9. The second kappa shape index (κ2) is 6.05. The normalized spacial score (nSPS) is 18.4. The van der Waals surface area contributed by atoms with Crippen LogP contribution in [0.1, 0.15) is 25.3 Å². The zero-order valence-electron chi connectivity index (χ0n) is 12.1. The van der Waals surface area contributed by atoms with Crippen molar-refractivity contribution in [3.8, 4) is 0 Å². The number of ether oxygens (including phenoxy) is 1. The number of hydrogen-bond acceptors (Lipinski definition) is 3. The lowest BCUT2D eigenvalue weighted by Crippen LogP contribution is -2.45. The van der Waals surface area contributed by atoms with Crippen molar-refractivity contribution >= 4 is 17.5 Å². The van der Waals surface area contributed by atoms with Crippen LogP contribution in [0, 0.1) is 6.92 Å². The quantitative estimate of drug-likeness (QED) is 0.844. The smallest absolute Gasteiger partial charge is 0.226 e. The second-order valence-corrected chi connectivity index (χ2v) is 5.02. The first-order valence-electron chi connectivity index (χ1n) is 6.70. The van der Waals surface area contributed by atoms with Crippen LogP contribution in [-0.2, 0) is 14.3 Å². The molecule has 0 radical (unpaired) electrons. The standard InChI is InChI=1S/C15H20N2O3/c1-11-4-6-13(7-5-11)16(12(2)18)10-17-14(19)8-9-15(17)20-3/h4-7,15H,8-10H2,1-3H3/t15-/m1/s1. The third-order valence-corrected chi connectivity index (χ3v) is 3.56. The van der Waals surface area contributed by atoms with E-state index in [1.54, 1.807) is 16.9 Å². The van der Waals surface area contributed by atoms with E-state index in [0.717, 1.165) is 11.3 Å². The number of carbonyl (C=O) groups excluding carboxylic acids is 2. The lowest BCUT2D eigenvalue weighted by Gasteiger charge is -2.30. The molecule has 2 rings (SSSR count). The zero-order chi connectivity index (χ0) is 14.7. The van der Waals surface area contributed by atoms with E-state index in [-0.39, 0.29) is 24.7 Å². The van der Waals surface area contributed by atoms with Crippen LogP contribution in [0.25, 0.3) is 0 Å². The number of amides is 2. The molecule has 1 aliphatic rings. The Morgan fingerprint density at radius 1 is 1.40 bits per heavy atom. The van der Waals surface area contributed by atoms with Gasteiger partial charge in [0.2, 0.25) is 11.8 Å². The minimum Gasteiger partial charge on any atom is -0.361 e. The second-order valence-electron chi connectivity index (χ2n) is 5.02. The number of likely N-dealkylation sites (tertiary alicyclic amines) is 1. The molecule has 1 aromatic rings. The molecule has 1 aliphatic heterocycles. The molecular formula is C15H20N2O3. The molecule has 0 spiro atoms. The van der Waals surface area contributed by atoms with Crippen molar-refractivity contribution in [2.45, 2.75) is 32.9 Å². The summed E-state index contributed by atoms with van der Waals surface area (Å²) in [5.41, 5.74) is 1.92. The first kappa shape index (κ1) is 14.5. The molecule has 0 N–H and O–H groups in total. The Labute approximate surface area is 119 Å². The van der Waals surface area contributed by atoms with Crippen molar-refractivity contribution in [3.63, 3.8) is 0 Å². The molecule has 0 unspecified atom stereocenters. The number of aryl methyl sites for hydroxylation is 1. The predicted molar refractivity (Wildman–Crippen MR) is 76.1 cm³/mol. The van der Waals surface area contributed by atoms with Gasteiger partial charge in [-0.1, -0.05) is 17.7 Å². The van der Waals surface area contributed by atoms with Crippen molar-refractivity contribution < 1.29 is 14.3 Å². The molecule has 0 aromatic heterocycles.